The highest BCUT2D eigenvalue weighted by molar-refractivity contribution is 6.13. The zero-order valence-electron chi connectivity index (χ0n) is 37.8. The van der Waals surface area contributed by atoms with Crippen molar-refractivity contribution in [2.75, 3.05) is 4.90 Å². The summed E-state index contributed by atoms with van der Waals surface area (Å²) in [6.45, 7) is 16.3. The number of hydrogen-bond donors (Lipinski definition) is 0. The van der Waals surface area contributed by atoms with Crippen LogP contribution in [-0.4, -0.2) is 0 Å². The molecule has 0 N–H and O–H groups in total. The van der Waals surface area contributed by atoms with Crippen molar-refractivity contribution >= 4 is 49.8 Å². The van der Waals surface area contributed by atoms with Crippen LogP contribution in [0.15, 0.2) is 199 Å². The van der Waals surface area contributed by atoms with E-state index in [1.807, 2.05) is 0 Å². The first kappa shape index (κ1) is 39.7. The second kappa shape index (κ2) is 14.7. The molecule has 0 spiro atoms. The van der Waals surface area contributed by atoms with Crippen LogP contribution in [0.1, 0.15) is 76.3 Å². The van der Waals surface area contributed by atoms with Gasteiger partial charge in [-0.3, -0.25) is 0 Å². The smallest absolute Gasteiger partial charge is 0.159 e. The Kier molecular flexibility index (Phi) is 9.12. The van der Waals surface area contributed by atoms with Gasteiger partial charge < -0.3 is 9.32 Å². The summed E-state index contributed by atoms with van der Waals surface area (Å²) in [7, 11) is 0. The van der Waals surface area contributed by atoms with Crippen molar-refractivity contribution in [3.05, 3.63) is 222 Å². The highest BCUT2D eigenvalue weighted by Crippen LogP contribution is 2.58. The second-order valence-electron chi connectivity index (χ2n) is 19.8. The number of furan rings is 1. The average molecular weight is 828 g/mol. The molecule has 0 fully saturated rings. The van der Waals surface area contributed by atoms with Crippen LogP contribution in [0.2, 0.25) is 0 Å². The molecule has 0 saturated carbocycles. The Morgan fingerprint density at radius 1 is 0.438 bits per heavy atom. The largest absolute Gasteiger partial charge is 0.454 e. The number of hydrogen-bond acceptors (Lipinski definition) is 2. The Balaban J connectivity index is 1.22. The Bertz CT molecular complexity index is 3390. The Morgan fingerprint density at radius 2 is 0.984 bits per heavy atom. The second-order valence-corrected chi connectivity index (χ2v) is 19.8. The van der Waals surface area contributed by atoms with Crippen molar-refractivity contribution in [2.24, 2.45) is 0 Å². The van der Waals surface area contributed by atoms with Gasteiger partial charge in [0.15, 0.2) is 5.58 Å². The summed E-state index contributed by atoms with van der Waals surface area (Å²) in [6, 6.07) is 71.8. The highest BCUT2D eigenvalue weighted by atomic mass is 16.3. The van der Waals surface area contributed by atoms with Crippen LogP contribution in [0.25, 0.3) is 66.1 Å². The third kappa shape index (κ3) is 6.22. The van der Waals surface area contributed by atoms with Gasteiger partial charge in [0.2, 0.25) is 0 Å². The predicted octanol–water partition coefficient (Wildman–Crippen LogP) is 17.5. The molecular formula is C62H53NO. The van der Waals surface area contributed by atoms with Gasteiger partial charge in [-0.25, -0.2) is 0 Å². The molecule has 64 heavy (non-hydrogen) atoms. The van der Waals surface area contributed by atoms with Crippen molar-refractivity contribution < 1.29 is 4.42 Å². The van der Waals surface area contributed by atoms with E-state index in [-0.39, 0.29) is 16.2 Å². The van der Waals surface area contributed by atoms with Gasteiger partial charge in [0.05, 0.1) is 17.1 Å². The summed E-state index contributed by atoms with van der Waals surface area (Å²) >= 11 is 0. The maximum Gasteiger partial charge on any atom is 0.159 e. The molecule has 0 radical (unpaired) electrons. The number of nitrogens with zero attached hydrogens (tertiary/aromatic N) is 1. The predicted molar refractivity (Wildman–Crippen MR) is 272 cm³/mol. The maximum atomic E-state index is 6.93. The Morgan fingerprint density at radius 3 is 1.73 bits per heavy atom. The van der Waals surface area contributed by atoms with Gasteiger partial charge in [0.25, 0.3) is 0 Å². The fraction of sp³-hybridized carbons (Fsp3) is 0.161. The minimum Gasteiger partial charge on any atom is -0.454 e. The van der Waals surface area contributed by atoms with Gasteiger partial charge in [0, 0.05) is 27.3 Å². The minimum absolute atomic E-state index is 0.0145. The SMILES string of the molecule is CC(C)(C)c1cc(-c2cccc3cccc(-c4ccccc4N(c4cccc5c4-c4ccccc4C5(C)c4ccccc4)c4cccc5c4oc4ccccc45)c23)cc(C(C)(C)C)c1. The van der Waals surface area contributed by atoms with E-state index in [1.165, 1.54) is 66.4 Å². The molecule has 1 aliphatic carbocycles. The lowest BCUT2D eigenvalue weighted by Gasteiger charge is -2.31. The molecule has 1 heterocycles. The third-order valence-corrected chi connectivity index (χ3v) is 13.8. The molecule has 11 rings (SSSR count). The van der Waals surface area contributed by atoms with Crippen molar-refractivity contribution in [1.29, 1.82) is 0 Å². The molecule has 0 amide bonds. The van der Waals surface area contributed by atoms with Crippen LogP contribution >= 0.6 is 0 Å². The minimum atomic E-state index is -0.363. The van der Waals surface area contributed by atoms with Crippen LogP contribution < -0.4 is 4.90 Å². The van der Waals surface area contributed by atoms with E-state index in [0.29, 0.717) is 0 Å². The van der Waals surface area contributed by atoms with Gasteiger partial charge in [-0.1, -0.05) is 211 Å². The summed E-state index contributed by atoms with van der Waals surface area (Å²) in [5.41, 5.74) is 18.4. The molecule has 1 unspecified atom stereocenters. The molecule has 1 aromatic heterocycles. The van der Waals surface area contributed by atoms with Gasteiger partial charge in [-0.15, -0.1) is 0 Å². The van der Waals surface area contributed by atoms with Crippen molar-refractivity contribution in [3.8, 4) is 33.4 Å². The van der Waals surface area contributed by atoms with Crippen molar-refractivity contribution in [3.63, 3.8) is 0 Å². The lowest BCUT2D eigenvalue weighted by atomic mass is 9.74. The number of anilines is 3. The van der Waals surface area contributed by atoms with E-state index < -0.39 is 0 Å². The summed E-state index contributed by atoms with van der Waals surface area (Å²) in [4.78, 5) is 2.49. The molecule has 0 bridgehead atoms. The van der Waals surface area contributed by atoms with Gasteiger partial charge in [0.1, 0.15) is 5.58 Å². The van der Waals surface area contributed by atoms with Crippen LogP contribution in [-0.2, 0) is 16.2 Å². The zero-order chi connectivity index (χ0) is 44.0. The average Bonchev–Trinajstić information content (AvgIpc) is 3.82. The lowest BCUT2D eigenvalue weighted by molar-refractivity contribution is 0.569. The topological polar surface area (TPSA) is 16.4 Å². The quantitative estimate of drug-likeness (QED) is 0.166. The molecule has 2 heteroatoms. The third-order valence-electron chi connectivity index (χ3n) is 13.8. The molecule has 312 valence electrons. The standard InChI is InChI=1S/C62H53NO/c1-60(2,3)43-37-41(38-44(39-43)61(4,5)6)45-28-17-21-40-22-18-29-48(57(40)45)46-25-12-15-33-53(46)63(55-35-19-30-49-47-26-13-16-36-56(47)64-59(49)55)54-34-20-32-52-58(54)50-27-11-14-31-51(50)62(52,7)42-23-9-8-10-24-42/h8-39H,1-7H3. The normalized spacial score (nSPS) is 14.9. The number of para-hydroxylation sites is 3. The molecule has 10 aromatic rings. The van der Waals surface area contributed by atoms with E-state index in [2.05, 4.69) is 247 Å². The maximum absolute atomic E-state index is 6.93. The monoisotopic (exact) mass is 827 g/mol. The molecular weight excluding hydrogens is 775 g/mol. The molecule has 2 nitrogen and oxygen atoms in total. The first-order valence-corrected chi connectivity index (χ1v) is 22.7. The van der Waals surface area contributed by atoms with Crippen molar-refractivity contribution in [2.45, 2.75) is 64.7 Å². The molecule has 0 aliphatic heterocycles. The van der Waals surface area contributed by atoms with Crippen molar-refractivity contribution in [1.82, 2.24) is 0 Å². The first-order valence-electron chi connectivity index (χ1n) is 22.7. The molecule has 0 saturated heterocycles. The van der Waals surface area contributed by atoms with Gasteiger partial charge >= 0.3 is 0 Å². The summed E-state index contributed by atoms with van der Waals surface area (Å²) in [6.07, 6.45) is 0. The molecule has 1 aliphatic rings. The van der Waals surface area contributed by atoms with Crippen LogP contribution in [0, 0.1) is 0 Å². The summed E-state index contributed by atoms with van der Waals surface area (Å²) < 4.78 is 6.93. The van der Waals surface area contributed by atoms with Gasteiger partial charge in [-0.2, -0.15) is 0 Å². The Labute approximate surface area is 377 Å². The lowest BCUT2D eigenvalue weighted by Crippen LogP contribution is -2.22. The van der Waals surface area contributed by atoms with E-state index in [1.54, 1.807) is 0 Å². The zero-order valence-corrected chi connectivity index (χ0v) is 37.8. The van der Waals surface area contributed by atoms with Gasteiger partial charge in [-0.05, 0) is 103 Å². The fourth-order valence-electron chi connectivity index (χ4n) is 10.4. The Hall–Kier alpha value is -7.16. The van der Waals surface area contributed by atoms with E-state index in [0.717, 1.165) is 44.6 Å². The van der Waals surface area contributed by atoms with E-state index in [9.17, 15) is 0 Å². The van der Waals surface area contributed by atoms with E-state index >= 15 is 0 Å². The molecule has 9 aromatic carbocycles. The summed E-state index contributed by atoms with van der Waals surface area (Å²) in [5, 5.41) is 4.66. The highest BCUT2D eigenvalue weighted by Gasteiger charge is 2.43. The summed E-state index contributed by atoms with van der Waals surface area (Å²) in [5.74, 6) is 0. The fourth-order valence-corrected chi connectivity index (χ4v) is 10.4. The first-order chi connectivity index (χ1) is 30.9. The van der Waals surface area contributed by atoms with Crippen LogP contribution in [0.5, 0.6) is 0 Å². The van der Waals surface area contributed by atoms with E-state index in [4.69, 9.17) is 4.42 Å². The molecule has 1 atom stereocenters. The number of benzene rings is 9. The van der Waals surface area contributed by atoms with Crippen LogP contribution in [0.4, 0.5) is 17.1 Å². The number of fused-ring (bicyclic) bond motifs is 7. The van der Waals surface area contributed by atoms with Crippen LogP contribution in [0.3, 0.4) is 0 Å². The number of rotatable bonds is 6.